The molecule has 0 amide bonds. The Bertz CT molecular complexity index is 1590. The monoisotopic (exact) mass is 900 g/mol. The third-order valence-electron chi connectivity index (χ3n) is 9.15. The van der Waals surface area contributed by atoms with Crippen LogP contribution in [0.2, 0.25) is 18.1 Å². The lowest BCUT2D eigenvalue weighted by molar-refractivity contribution is -0.181. The zero-order valence-electron chi connectivity index (χ0n) is 32.2. The summed E-state index contributed by atoms with van der Waals surface area (Å²) in [5.41, 5.74) is 3.04. The van der Waals surface area contributed by atoms with Crippen LogP contribution in [0.3, 0.4) is 0 Å². The number of alkyl halides is 1. The van der Waals surface area contributed by atoms with Crippen LogP contribution < -0.4 is 9.47 Å². The standard InChI is InChI=1S/C33H54N2O11P2Si.C2H5I/c1-31(2,3)49(8,9)44-21-28(35(23-48(39,40)41)17-25-13-11-15-27-20-43-33(6,7)46-30(25)27)18-34(22-47(36,37)38)16-24-12-10-14-26-19-42-32(4,5)45-29(24)26;1-2-3/h10-15,28H,16-23H2,1-9H3,(H2,36,37,38)(H2,39,40,41);2H2,1H3. The number of rotatable bonds is 14. The average molecular weight is 901 g/mol. The van der Waals surface area contributed by atoms with Gasteiger partial charge >= 0.3 is 15.2 Å². The Morgan fingerprint density at radius 1 is 0.846 bits per heavy atom. The Labute approximate surface area is 324 Å². The van der Waals surface area contributed by atoms with Gasteiger partial charge in [-0.3, -0.25) is 18.9 Å². The topological polar surface area (TPSA) is 168 Å². The molecule has 0 saturated carbocycles. The molecule has 17 heteroatoms. The van der Waals surface area contributed by atoms with Crippen LogP contribution in [0.4, 0.5) is 0 Å². The number of fused-ring (bicyclic) bond motifs is 2. The third-order valence-corrected chi connectivity index (χ3v) is 15.1. The predicted octanol–water partition coefficient (Wildman–Crippen LogP) is 7.38. The molecule has 2 aliphatic rings. The smallest absolute Gasteiger partial charge is 0.339 e. The van der Waals surface area contributed by atoms with Crippen LogP contribution in [0.1, 0.15) is 77.6 Å². The molecule has 0 aromatic heterocycles. The molecule has 2 aromatic carbocycles. The van der Waals surface area contributed by atoms with E-state index in [1.807, 2.05) is 36.4 Å². The number of benzene rings is 2. The second-order valence-corrected chi connectivity index (χ2v) is 25.3. The van der Waals surface area contributed by atoms with Crippen molar-refractivity contribution in [2.45, 2.75) is 117 Å². The summed E-state index contributed by atoms with van der Waals surface area (Å²) in [5, 5.41) is -0.162. The minimum atomic E-state index is -4.63. The lowest BCUT2D eigenvalue weighted by Crippen LogP contribution is -2.50. The number of hydrogen-bond acceptors (Lipinski definition) is 9. The van der Waals surface area contributed by atoms with Crippen molar-refractivity contribution >= 4 is 46.1 Å². The van der Waals surface area contributed by atoms with Gasteiger partial charge in [0, 0.05) is 75.6 Å². The summed E-state index contributed by atoms with van der Waals surface area (Å²) < 4.78 is 57.2. The molecule has 0 saturated heterocycles. The zero-order valence-corrected chi connectivity index (χ0v) is 37.2. The molecule has 52 heavy (non-hydrogen) atoms. The van der Waals surface area contributed by atoms with Crippen LogP contribution in [0.5, 0.6) is 11.5 Å². The van der Waals surface area contributed by atoms with Crippen LogP contribution in [0.25, 0.3) is 0 Å². The van der Waals surface area contributed by atoms with Crippen molar-refractivity contribution in [1.29, 1.82) is 0 Å². The molecule has 0 aliphatic carbocycles. The largest absolute Gasteiger partial charge is 0.462 e. The quantitative estimate of drug-likeness (QED) is 0.0643. The maximum Gasteiger partial charge on any atom is 0.339 e. The van der Waals surface area contributed by atoms with E-state index in [0.717, 1.165) is 11.1 Å². The maximum atomic E-state index is 12.7. The van der Waals surface area contributed by atoms with Gasteiger partial charge in [-0.1, -0.05) is 86.7 Å². The average Bonchev–Trinajstić information content (AvgIpc) is 2.97. The van der Waals surface area contributed by atoms with E-state index in [-0.39, 0.29) is 31.3 Å². The van der Waals surface area contributed by atoms with Crippen molar-refractivity contribution in [2.24, 2.45) is 0 Å². The highest BCUT2D eigenvalue weighted by atomic mass is 127. The summed E-state index contributed by atoms with van der Waals surface area (Å²) in [6.45, 7) is 20.7. The van der Waals surface area contributed by atoms with E-state index in [4.69, 9.17) is 23.4 Å². The molecular formula is C35H59IN2O11P2Si. The molecule has 0 radical (unpaired) electrons. The van der Waals surface area contributed by atoms with Crippen molar-refractivity contribution < 1.29 is 52.1 Å². The summed E-state index contributed by atoms with van der Waals surface area (Å²) >= 11 is 2.29. The minimum Gasteiger partial charge on any atom is -0.462 e. The molecule has 1 unspecified atom stereocenters. The Hall–Kier alpha value is -0.913. The van der Waals surface area contributed by atoms with Crippen molar-refractivity contribution in [1.82, 2.24) is 9.80 Å². The maximum absolute atomic E-state index is 12.7. The van der Waals surface area contributed by atoms with Gasteiger partial charge in [0.1, 0.15) is 24.1 Å². The Balaban J connectivity index is 0.00000235. The van der Waals surface area contributed by atoms with Gasteiger partial charge < -0.3 is 42.9 Å². The molecule has 13 nitrogen and oxygen atoms in total. The molecule has 2 aromatic rings. The summed E-state index contributed by atoms with van der Waals surface area (Å²) in [6, 6.07) is 10.5. The number of halogens is 1. The van der Waals surface area contributed by atoms with E-state index in [2.05, 4.69) is 63.4 Å². The second kappa shape index (κ2) is 17.9. The zero-order chi connectivity index (χ0) is 39.3. The molecular weight excluding hydrogens is 841 g/mol. The first kappa shape index (κ1) is 45.5. The van der Waals surface area contributed by atoms with Crippen molar-refractivity contribution in [3.05, 3.63) is 58.7 Å². The van der Waals surface area contributed by atoms with Gasteiger partial charge in [-0.05, 0) is 22.6 Å². The second-order valence-electron chi connectivity index (χ2n) is 15.8. The normalized spacial score (nSPS) is 17.7. The summed E-state index contributed by atoms with van der Waals surface area (Å²) in [5.74, 6) is -0.622. The Morgan fingerprint density at radius 2 is 1.29 bits per heavy atom. The summed E-state index contributed by atoms with van der Waals surface area (Å²) in [7, 11) is -11.6. The fraction of sp³-hybridized carbons (Fsp3) is 0.657. The molecule has 2 heterocycles. The summed E-state index contributed by atoms with van der Waals surface area (Å²) in [6.07, 6.45) is -1.20. The van der Waals surface area contributed by atoms with E-state index in [1.54, 1.807) is 37.5 Å². The lowest BCUT2D eigenvalue weighted by atomic mass is 10.1. The molecule has 0 fully saturated rings. The lowest BCUT2D eigenvalue weighted by Gasteiger charge is -2.41. The highest BCUT2D eigenvalue weighted by Crippen LogP contribution is 2.42. The fourth-order valence-corrected chi connectivity index (χ4v) is 8.17. The molecule has 0 bridgehead atoms. The van der Waals surface area contributed by atoms with Crippen LogP contribution in [-0.4, -0.2) is 85.5 Å². The van der Waals surface area contributed by atoms with Crippen LogP contribution in [0, 0.1) is 0 Å². The molecule has 4 rings (SSSR count). The first-order valence-electron chi connectivity index (χ1n) is 17.4. The molecule has 2 aliphatic heterocycles. The number of hydrogen-bond donors (Lipinski definition) is 4. The van der Waals surface area contributed by atoms with Crippen LogP contribution in [-0.2, 0) is 49.3 Å². The minimum absolute atomic E-state index is 0.0216. The highest BCUT2D eigenvalue weighted by Gasteiger charge is 2.40. The van der Waals surface area contributed by atoms with Gasteiger partial charge in [-0.15, -0.1) is 0 Å². The van der Waals surface area contributed by atoms with E-state index in [9.17, 15) is 28.7 Å². The number of nitrogens with zero attached hydrogens (tertiary/aromatic N) is 2. The van der Waals surface area contributed by atoms with E-state index in [0.29, 0.717) is 35.8 Å². The molecule has 4 N–H and O–H groups in total. The van der Waals surface area contributed by atoms with Gasteiger partial charge in [0.15, 0.2) is 8.32 Å². The first-order chi connectivity index (χ1) is 23.7. The van der Waals surface area contributed by atoms with Crippen LogP contribution >= 0.6 is 37.8 Å². The van der Waals surface area contributed by atoms with Crippen molar-refractivity contribution in [3.63, 3.8) is 0 Å². The summed E-state index contributed by atoms with van der Waals surface area (Å²) in [4.78, 5) is 44.4. The van der Waals surface area contributed by atoms with E-state index < -0.39 is 53.7 Å². The number of para-hydroxylation sites is 2. The predicted molar refractivity (Wildman–Crippen MR) is 213 cm³/mol. The van der Waals surface area contributed by atoms with Gasteiger partial charge in [-0.2, -0.15) is 0 Å². The van der Waals surface area contributed by atoms with Gasteiger partial charge in [-0.25, -0.2) is 0 Å². The SMILES string of the molecule is CC1(C)OCc2cccc(CN(CC(CO[Si](C)(C)C(C)(C)C)N(Cc3cccc4c3OC(C)(C)OC4)CP(=O)(O)O)CP(=O)(O)O)c2O1.CCI. The van der Waals surface area contributed by atoms with Gasteiger partial charge in [0.2, 0.25) is 11.6 Å². The van der Waals surface area contributed by atoms with Gasteiger partial charge in [0.05, 0.1) is 19.8 Å². The van der Waals surface area contributed by atoms with Crippen molar-refractivity contribution in [2.75, 3.05) is 30.2 Å². The fourth-order valence-electron chi connectivity index (χ4n) is 5.58. The Morgan fingerprint density at radius 3 is 1.71 bits per heavy atom. The van der Waals surface area contributed by atoms with E-state index >= 15 is 0 Å². The molecule has 296 valence electrons. The van der Waals surface area contributed by atoms with Crippen molar-refractivity contribution in [3.8, 4) is 11.5 Å². The Kier molecular flexibility index (Phi) is 15.7. The van der Waals surface area contributed by atoms with E-state index in [1.165, 1.54) is 4.43 Å². The first-order valence-corrected chi connectivity index (χ1v) is 25.4. The number of ether oxygens (including phenoxy) is 4. The molecule has 0 spiro atoms. The van der Waals surface area contributed by atoms with Gasteiger partial charge in [0.25, 0.3) is 0 Å². The third kappa shape index (κ3) is 14.0. The molecule has 1 atom stereocenters. The van der Waals surface area contributed by atoms with Crippen LogP contribution in [0.15, 0.2) is 36.4 Å². The highest BCUT2D eigenvalue weighted by molar-refractivity contribution is 14.1.